The largest absolute Gasteiger partial charge is 0.497 e. The molecule has 13 heteroatoms. The summed E-state index contributed by atoms with van der Waals surface area (Å²) in [4.78, 5) is 14.5. The van der Waals surface area contributed by atoms with Crippen LogP contribution in [0.15, 0.2) is 54.6 Å². The second kappa shape index (κ2) is 14.1. The van der Waals surface area contributed by atoms with E-state index in [1.807, 2.05) is 24.3 Å². The molecule has 2 aromatic carbocycles. The van der Waals surface area contributed by atoms with Crippen molar-refractivity contribution in [1.82, 2.24) is 4.31 Å². The average molecular weight is 656 g/mol. The standard InChI is InChI=1S/C32H45BF3NO7S/c1-28(2,3)45(39)37(27(38)31(41-9,32(34,35)36)24-14-11-10-12-15-24)26(33-43-29(4,5)30(6,7)44-33)16-13-21-42-22-23-17-19-25(40-8)20-18-23/h10-12,14-15,17-20,26H,13,16,21-22H2,1-9H3/t26-,31+,45+/m0/s1. The first-order chi connectivity index (χ1) is 20.8. The van der Waals surface area contributed by atoms with Crippen molar-refractivity contribution < 1.29 is 45.7 Å². The Bertz CT molecular complexity index is 1290. The van der Waals surface area contributed by atoms with Gasteiger partial charge in [-0.1, -0.05) is 42.5 Å². The third kappa shape index (κ3) is 7.93. The summed E-state index contributed by atoms with van der Waals surface area (Å²) in [5.41, 5.74) is -4.72. The highest BCUT2D eigenvalue weighted by Gasteiger charge is 2.67. The summed E-state index contributed by atoms with van der Waals surface area (Å²) < 4.78 is 87.9. The Morgan fingerprint density at radius 3 is 1.98 bits per heavy atom. The zero-order valence-electron chi connectivity index (χ0n) is 27.5. The normalized spacial score (nSPS) is 19.1. The molecule has 0 unspecified atom stereocenters. The van der Waals surface area contributed by atoms with Crippen molar-refractivity contribution in [2.45, 2.75) is 102 Å². The molecule has 0 spiro atoms. The van der Waals surface area contributed by atoms with Crippen molar-refractivity contribution >= 4 is 24.0 Å². The lowest BCUT2D eigenvalue weighted by atomic mass is 9.75. The quantitative estimate of drug-likeness (QED) is 0.183. The van der Waals surface area contributed by atoms with E-state index in [1.165, 1.54) is 30.3 Å². The van der Waals surface area contributed by atoms with E-state index < -0.39 is 63.2 Å². The van der Waals surface area contributed by atoms with Crippen molar-refractivity contribution in [1.29, 1.82) is 0 Å². The number of amides is 1. The minimum atomic E-state index is -5.21. The number of nitrogens with zero attached hydrogens (tertiary/aromatic N) is 1. The number of carbonyl (C=O) groups is 1. The van der Waals surface area contributed by atoms with Gasteiger partial charge in [0.15, 0.2) is 0 Å². The second-order valence-electron chi connectivity index (χ2n) is 13.0. The topological polar surface area (TPSA) is 83.5 Å². The van der Waals surface area contributed by atoms with Crippen molar-refractivity contribution in [3.63, 3.8) is 0 Å². The van der Waals surface area contributed by atoms with E-state index in [-0.39, 0.29) is 19.6 Å². The van der Waals surface area contributed by atoms with E-state index in [0.717, 1.165) is 17.0 Å². The fraction of sp³-hybridized carbons (Fsp3) is 0.594. The molecule has 0 aromatic heterocycles. The Balaban J connectivity index is 2.04. The van der Waals surface area contributed by atoms with Gasteiger partial charge in [-0.2, -0.15) is 13.2 Å². The first kappa shape index (κ1) is 37.0. The van der Waals surface area contributed by atoms with Gasteiger partial charge >= 0.3 is 13.3 Å². The molecule has 1 saturated heterocycles. The van der Waals surface area contributed by atoms with Crippen LogP contribution in [0.3, 0.4) is 0 Å². The monoisotopic (exact) mass is 655 g/mol. The van der Waals surface area contributed by atoms with Crippen molar-refractivity contribution in [2.24, 2.45) is 0 Å². The first-order valence-corrected chi connectivity index (χ1v) is 15.9. The molecule has 0 saturated carbocycles. The highest BCUT2D eigenvalue weighted by molar-refractivity contribution is 7.84. The number of rotatable bonds is 13. The number of ether oxygens (including phenoxy) is 3. The number of hydrogen-bond acceptors (Lipinski definition) is 7. The Hall–Kier alpha value is -2.45. The van der Waals surface area contributed by atoms with Gasteiger partial charge in [-0.3, -0.25) is 9.10 Å². The van der Waals surface area contributed by atoms with Gasteiger partial charge in [0.1, 0.15) is 16.7 Å². The molecule has 0 N–H and O–H groups in total. The van der Waals surface area contributed by atoms with Gasteiger partial charge < -0.3 is 23.5 Å². The number of methoxy groups -OCH3 is 2. The van der Waals surface area contributed by atoms with Crippen LogP contribution in [0.2, 0.25) is 0 Å². The minimum absolute atomic E-state index is 0.0689. The molecule has 3 atom stereocenters. The van der Waals surface area contributed by atoms with Gasteiger partial charge in [0.25, 0.3) is 11.5 Å². The van der Waals surface area contributed by atoms with Crippen molar-refractivity contribution in [2.75, 3.05) is 20.8 Å². The Kier molecular flexibility index (Phi) is 11.6. The molecule has 0 radical (unpaired) electrons. The molecule has 0 aliphatic carbocycles. The zero-order valence-corrected chi connectivity index (χ0v) is 28.3. The van der Waals surface area contributed by atoms with Gasteiger partial charge in [0.05, 0.1) is 35.6 Å². The number of benzene rings is 2. The molecule has 8 nitrogen and oxygen atoms in total. The smallest absolute Gasteiger partial charge is 0.483 e. The van der Waals surface area contributed by atoms with Crippen LogP contribution in [-0.2, 0) is 46.8 Å². The highest BCUT2D eigenvalue weighted by Crippen LogP contribution is 2.46. The van der Waals surface area contributed by atoms with Crippen molar-refractivity contribution in [3.05, 3.63) is 65.7 Å². The van der Waals surface area contributed by atoms with E-state index in [2.05, 4.69) is 0 Å². The molecule has 0 bridgehead atoms. The minimum Gasteiger partial charge on any atom is -0.497 e. The second-order valence-corrected chi connectivity index (χ2v) is 15.1. The van der Waals surface area contributed by atoms with Crippen LogP contribution in [-0.4, -0.2) is 70.4 Å². The molecule has 1 amide bonds. The highest BCUT2D eigenvalue weighted by atomic mass is 32.2. The van der Waals surface area contributed by atoms with E-state index in [4.69, 9.17) is 23.5 Å². The number of halogens is 3. The lowest BCUT2D eigenvalue weighted by Gasteiger charge is -2.42. The van der Waals surface area contributed by atoms with Gasteiger partial charge in [0.2, 0.25) is 0 Å². The zero-order chi connectivity index (χ0) is 33.8. The van der Waals surface area contributed by atoms with Gasteiger partial charge in [-0.05, 0) is 79.0 Å². The first-order valence-electron chi connectivity index (χ1n) is 14.8. The molecule has 1 fully saturated rings. The summed E-state index contributed by atoms with van der Waals surface area (Å²) in [5, 5.41) is 0. The third-order valence-corrected chi connectivity index (χ3v) is 10.0. The van der Waals surface area contributed by atoms with Crippen LogP contribution in [0.4, 0.5) is 13.2 Å². The van der Waals surface area contributed by atoms with Crippen LogP contribution >= 0.6 is 0 Å². The third-order valence-electron chi connectivity index (χ3n) is 8.19. The van der Waals surface area contributed by atoms with Gasteiger partial charge in [-0.15, -0.1) is 0 Å². The maximum absolute atomic E-state index is 15.1. The van der Waals surface area contributed by atoms with E-state index in [1.54, 1.807) is 55.6 Å². The molecule has 1 aliphatic rings. The fourth-order valence-corrected chi connectivity index (χ4v) is 6.24. The molecular weight excluding hydrogens is 610 g/mol. The molecule has 3 rings (SSSR count). The predicted octanol–water partition coefficient (Wildman–Crippen LogP) is 6.39. The summed E-state index contributed by atoms with van der Waals surface area (Å²) >= 11 is 0. The van der Waals surface area contributed by atoms with Crippen LogP contribution in [0.25, 0.3) is 0 Å². The SMILES string of the molecule is COc1ccc(COCCC[C@@H](B2OC(C)(C)C(C)(C)O2)N(C(=O)[C@](OC)(c2ccccc2)C(F)(F)F)[S@](=O)C(C)(C)C)cc1. The maximum Gasteiger partial charge on any atom is 0.483 e. The summed E-state index contributed by atoms with van der Waals surface area (Å²) in [6, 6.07) is 14.0. The van der Waals surface area contributed by atoms with Gasteiger partial charge in [0, 0.05) is 19.3 Å². The van der Waals surface area contributed by atoms with E-state index in [0.29, 0.717) is 12.2 Å². The lowest BCUT2D eigenvalue weighted by Crippen LogP contribution is -2.63. The summed E-state index contributed by atoms with van der Waals surface area (Å²) in [7, 11) is -1.07. The maximum atomic E-state index is 15.1. The molecule has 45 heavy (non-hydrogen) atoms. The number of carbonyl (C=O) groups excluding carboxylic acids is 1. The van der Waals surface area contributed by atoms with Crippen molar-refractivity contribution in [3.8, 4) is 5.75 Å². The summed E-state index contributed by atoms with van der Waals surface area (Å²) in [6.45, 7) is 12.5. The van der Waals surface area contributed by atoms with Crippen LogP contribution in [0.5, 0.6) is 5.75 Å². The Morgan fingerprint density at radius 1 is 0.956 bits per heavy atom. The van der Waals surface area contributed by atoms with Crippen LogP contribution in [0.1, 0.15) is 72.4 Å². The van der Waals surface area contributed by atoms with E-state index in [9.17, 15) is 9.00 Å². The Morgan fingerprint density at radius 2 is 1.51 bits per heavy atom. The number of alkyl halides is 3. The van der Waals surface area contributed by atoms with Crippen LogP contribution < -0.4 is 4.74 Å². The predicted molar refractivity (Wildman–Crippen MR) is 168 cm³/mol. The molecule has 2 aromatic rings. The summed E-state index contributed by atoms with van der Waals surface area (Å²) in [5.74, 6) is -2.00. The Labute approximate surface area is 267 Å². The van der Waals surface area contributed by atoms with Gasteiger partial charge in [-0.25, -0.2) is 4.21 Å². The average Bonchev–Trinajstić information content (AvgIpc) is 3.18. The molecule has 1 aliphatic heterocycles. The molecule has 1 heterocycles. The lowest BCUT2D eigenvalue weighted by molar-refractivity contribution is -0.268. The molecular formula is C32H45BF3NO7S. The number of hydrogen-bond donors (Lipinski definition) is 0. The fourth-order valence-electron chi connectivity index (χ4n) is 4.92. The van der Waals surface area contributed by atoms with Crippen LogP contribution in [0, 0.1) is 0 Å². The summed E-state index contributed by atoms with van der Waals surface area (Å²) in [6.07, 6.45) is -4.84. The molecule has 250 valence electrons. The van der Waals surface area contributed by atoms with E-state index >= 15 is 13.2 Å².